The van der Waals surface area contributed by atoms with Gasteiger partial charge in [0.1, 0.15) is 6.79 Å². The molecule has 0 N–H and O–H groups in total. The molecule has 122 valence electrons. The van der Waals surface area contributed by atoms with Crippen LogP contribution in [-0.4, -0.2) is 31.3 Å². The first-order valence-electron chi connectivity index (χ1n) is 8.86. The second-order valence-electron chi connectivity index (χ2n) is 5.67. The molecule has 0 aliphatic carbocycles. The molecule has 0 saturated heterocycles. The van der Waals surface area contributed by atoms with Crippen molar-refractivity contribution in [3.05, 3.63) is 0 Å². The lowest BCUT2D eigenvalue weighted by Gasteiger charge is -2.21. The number of unbranched alkanes of at least 4 members (excludes halogenated alkanes) is 8. The van der Waals surface area contributed by atoms with Crippen LogP contribution in [-0.2, 0) is 4.79 Å². The standard InChI is InChI=1S/C17H37N.CH2O/c1-4-7-9-11-12-14-17-18(15-6-3)16-13-10-8-5-2;1-2/h4-17H2,1-3H3;1H2. The third-order valence-electron chi connectivity index (χ3n) is 3.70. The number of carbonyl (C=O) groups excluding carboxylic acids is 1. The van der Waals surface area contributed by atoms with Crippen LogP contribution in [0.25, 0.3) is 0 Å². The Morgan fingerprint density at radius 3 is 1.40 bits per heavy atom. The van der Waals surface area contributed by atoms with Crippen molar-refractivity contribution in [1.82, 2.24) is 4.90 Å². The van der Waals surface area contributed by atoms with Crippen molar-refractivity contribution in [2.75, 3.05) is 19.6 Å². The van der Waals surface area contributed by atoms with E-state index in [-0.39, 0.29) is 0 Å². The van der Waals surface area contributed by atoms with E-state index >= 15 is 0 Å². The third kappa shape index (κ3) is 17.6. The molecule has 2 nitrogen and oxygen atoms in total. The molecule has 0 rings (SSSR count). The van der Waals surface area contributed by atoms with E-state index in [1.807, 2.05) is 6.79 Å². The maximum Gasteiger partial charge on any atom is 0.106 e. The van der Waals surface area contributed by atoms with E-state index in [2.05, 4.69) is 25.7 Å². The van der Waals surface area contributed by atoms with E-state index in [4.69, 9.17) is 4.79 Å². The van der Waals surface area contributed by atoms with Crippen LogP contribution in [0, 0.1) is 0 Å². The van der Waals surface area contributed by atoms with Crippen molar-refractivity contribution >= 4 is 6.79 Å². The van der Waals surface area contributed by atoms with Gasteiger partial charge in [-0.1, -0.05) is 72.1 Å². The fourth-order valence-corrected chi connectivity index (χ4v) is 2.53. The lowest BCUT2D eigenvalue weighted by molar-refractivity contribution is -0.0979. The zero-order valence-corrected chi connectivity index (χ0v) is 14.5. The predicted octanol–water partition coefficient (Wildman–Crippen LogP) is 5.45. The summed E-state index contributed by atoms with van der Waals surface area (Å²) in [5, 5.41) is 0. The molecule has 0 unspecified atom stereocenters. The Balaban J connectivity index is 0. The normalized spacial score (nSPS) is 10.4. The van der Waals surface area contributed by atoms with Crippen LogP contribution in [0.3, 0.4) is 0 Å². The summed E-state index contributed by atoms with van der Waals surface area (Å²) in [7, 11) is 0. The van der Waals surface area contributed by atoms with Crippen LogP contribution in [0.1, 0.15) is 91.4 Å². The van der Waals surface area contributed by atoms with Crippen LogP contribution >= 0.6 is 0 Å². The highest BCUT2D eigenvalue weighted by Gasteiger charge is 2.02. The second-order valence-corrected chi connectivity index (χ2v) is 5.67. The molecule has 0 amide bonds. The van der Waals surface area contributed by atoms with Crippen molar-refractivity contribution in [3.8, 4) is 0 Å². The molecule has 0 bridgehead atoms. The molecular weight excluding hydrogens is 246 g/mol. The Morgan fingerprint density at radius 2 is 0.950 bits per heavy atom. The highest BCUT2D eigenvalue weighted by molar-refractivity contribution is 5.10. The molecule has 0 saturated carbocycles. The van der Waals surface area contributed by atoms with Gasteiger partial charge in [-0.2, -0.15) is 0 Å². The van der Waals surface area contributed by atoms with Gasteiger partial charge in [0.25, 0.3) is 0 Å². The summed E-state index contributed by atoms with van der Waals surface area (Å²) in [5.41, 5.74) is 0. The smallest absolute Gasteiger partial charge is 0.106 e. The third-order valence-corrected chi connectivity index (χ3v) is 3.70. The maximum atomic E-state index is 8.00. The SMILES string of the molecule is C=O.CCCCCCCCN(CCC)CCCCCC. The largest absolute Gasteiger partial charge is 0.307 e. The number of carbonyl (C=O) groups is 1. The van der Waals surface area contributed by atoms with Gasteiger partial charge < -0.3 is 9.69 Å². The molecule has 0 atom stereocenters. The summed E-state index contributed by atoms with van der Waals surface area (Å²) in [4.78, 5) is 10.7. The number of hydrogen-bond acceptors (Lipinski definition) is 2. The Kier molecular flexibility index (Phi) is 22.9. The van der Waals surface area contributed by atoms with Crippen molar-refractivity contribution in [2.45, 2.75) is 91.4 Å². The first-order chi connectivity index (χ1) is 9.85. The van der Waals surface area contributed by atoms with E-state index < -0.39 is 0 Å². The van der Waals surface area contributed by atoms with Crippen molar-refractivity contribution in [3.63, 3.8) is 0 Å². The molecule has 0 fully saturated rings. The van der Waals surface area contributed by atoms with Crippen molar-refractivity contribution in [2.24, 2.45) is 0 Å². The van der Waals surface area contributed by atoms with Crippen molar-refractivity contribution in [1.29, 1.82) is 0 Å². The molecule has 0 aliphatic rings. The van der Waals surface area contributed by atoms with Gasteiger partial charge in [-0.3, -0.25) is 0 Å². The van der Waals surface area contributed by atoms with Crippen LogP contribution < -0.4 is 0 Å². The van der Waals surface area contributed by atoms with Gasteiger partial charge >= 0.3 is 0 Å². The van der Waals surface area contributed by atoms with Crippen LogP contribution in [0.2, 0.25) is 0 Å². The van der Waals surface area contributed by atoms with Crippen LogP contribution in [0.5, 0.6) is 0 Å². The fourth-order valence-electron chi connectivity index (χ4n) is 2.53. The highest BCUT2D eigenvalue weighted by atomic mass is 16.1. The Labute approximate surface area is 128 Å². The van der Waals surface area contributed by atoms with E-state index in [9.17, 15) is 0 Å². The summed E-state index contributed by atoms with van der Waals surface area (Å²) in [6.45, 7) is 12.9. The van der Waals surface area contributed by atoms with E-state index in [0.29, 0.717) is 0 Å². The van der Waals surface area contributed by atoms with E-state index in [0.717, 1.165) is 0 Å². The fraction of sp³-hybridized carbons (Fsp3) is 0.944. The van der Waals surface area contributed by atoms with Gasteiger partial charge in [-0.15, -0.1) is 0 Å². The van der Waals surface area contributed by atoms with E-state index in [1.54, 1.807) is 0 Å². The average molecular weight is 286 g/mol. The zero-order chi connectivity index (χ0) is 15.5. The Hall–Kier alpha value is -0.370. The molecule has 2 heteroatoms. The number of rotatable bonds is 14. The minimum absolute atomic E-state index is 1.31. The molecule has 0 aromatic rings. The van der Waals surface area contributed by atoms with Gasteiger partial charge in [-0.05, 0) is 38.9 Å². The number of nitrogens with zero attached hydrogens (tertiary/aromatic N) is 1. The van der Waals surface area contributed by atoms with Gasteiger partial charge in [0.15, 0.2) is 0 Å². The molecule has 0 aromatic heterocycles. The lowest BCUT2D eigenvalue weighted by atomic mass is 10.1. The van der Waals surface area contributed by atoms with Gasteiger partial charge in [-0.25, -0.2) is 0 Å². The molecule has 0 aliphatic heterocycles. The quantitative estimate of drug-likeness (QED) is 0.395. The second kappa shape index (κ2) is 20.9. The van der Waals surface area contributed by atoms with Crippen molar-refractivity contribution < 1.29 is 4.79 Å². The lowest BCUT2D eigenvalue weighted by Crippen LogP contribution is -2.26. The summed E-state index contributed by atoms with van der Waals surface area (Å²) < 4.78 is 0. The van der Waals surface area contributed by atoms with Crippen LogP contribution in [0.15, 0.2) is 0 Å². The molecular formula is C18H39NO. The molecule has 20 heavy (non-hydrogen) atoms. The molecule has 0 radical (unpaired) electrons. The molecule has 0 aromatic carbocycles. The molecule has 0 spiro atoms. The minimum Gasteiger partial charge on any atom is -0.307 e. The summed E-state index contributed by atoms with van der Waals surface area (Å²) >= 11 is 0. The summed E-state index contributed by atoms with van der Waals surface area (Å²) in [5.74, 6) is 0. The molecule has 0 heterocycles. The summed E-state index contributed by atoms with van der Waals surface area (Å²) in [6, 6.07) is 0. The van der Waals surface area contributed by atoms with Gasteiger partial charge in [0.2, 0.25) is 0 Å². The predicted molar refractivity (Wildman–Crippen MR) is 91.4 cm³/mol. The average Bonchev–Trinajstić information content (AvgIpc) is 2.49. The topological polar surface area (TPSA) is 20.3 Å². The summed E-state index contributed by atoms with van der Waals surface area (Å²) in [6.07, 6.45) is 15.4. The first-order valence-corrected chi connectivity index (χ1v) is 8.86. The van der Waals surface area contributed by atoms with Gasteiger partial charge in [0.05, 0.1) is 0 Å². The van der Waals surface area contributed by atoms with Gasteiger partial charge in [0, 0.05) is 0 Å². The first kappa shape index (κ1) is 21.9. The van der Waals surface area contributed by atoms with Crippen LogP contribution in [0.4, 0.5) is 0 Å². The monoisotopic (exact) mass is 285 g/mol. The Bertz CT molecular complexity index is 161. The highest BCUT2D eigenvalue weighted by Crippen LogP contribution is 2.07. The van der Waals surface area contributed by atoms with E-state index in [1.165, 1.54) is 90.3 Å². The minimum atomic E-state index is 1.31. The zero-order valence-electron chi connectivity index (χ0n) is 14.5. The maximum absolute atomic E-state index is 8.00. The number of hydrogen-bond donors (Lipinski definition) is 0. The Morgan fingerprint density at radius 1 is 0.550 bits per heavy atom.